The topological polar surface area (TPSA) is 119 Å². The number of rotatable bonds is 1. The van der Waals surface area contributed by atoms with E-state index in [0.29, 0.717) is 5.56 Å². The Hall–Kier alpha value is -2.18. The highest BCUT2D eigenvalue weighted by molar-refractivity contribution is 5.92. The summed E-state index contributed by atoms with van der Waals surface area (Å²) >= 11 is 0. The van der Waals surface area contributed by atoms with Gasteiger partial charge in [-0.05, 0) is 12.1 Å². The highest BCUT2D eigenvalue weighted by Gasteiger charge is 1.94. The summed E-state index contributed by atoms with van der Waals surface area (Å²) in [7, 11) is 0. The van der Waals surface area contributed by atoms with Crippen LogP contribution in [0.2, 0.25) is 0 Å². The molecule has 1 aromatic heterocycles. The summed E-state index contributed by atoms with van der Waals surface area (Å²) in [5.74, 6) is -0.442. The predicted molar refractivity (Wildman–Crippen MR) is 41.5 cm³/mol. The third-order valence-corrected chi connectivity index (χ3v) is 0.946. The van der Waals surface area contributed by atoms with Crippen LogP contribution in [0.1, 0.15) is 10.4 Å². The van der Waals surface area contributed by atoms with Crippen LogP contribution in [0.4, 0.5) is 0 Å². The third-order valence-electron chi connectivity index (χ3n) is 0.946. The van der Waals surface area contributed by atoms with E-state index in [2.05, 4.69) is 4.98 Å². The van der Waals surface area contributed by atoms with Gasteiger partial charge in [0.25, 0.3) is 5.09 Å². The molecule has 0 fully saturated rings. The molecular weight excluding hydrogens is 178 g/mol. The second kappa shape index (κ2) is 5.47. The fourth-order valence-corrected chi connectivity index (χ4v) is 0.509. The fraction of sp³-hybridized carbons (Fsp3) is 0. The normalized spacial score (nSPS) is 8.00. The molecule has 1 rings (SSSR count). The quantitative estimate of drug-likeness (QED) is 0.465. The first-order valence-electron chi connectivity index (χ1n) is 3.07. The van der Waals surface area contributed by atoms with Crippen molar-refractivity contribution in [2.45, 2.75) is 0 Å². The Balaban J connectivity index is 0.000000310. The SMILES string of the molecule is NC(=O)c1cccnc1.O=[N+]([O-])O. The summed E-state index contributed by atoms with van der Waals surface area (Å²) in [4.78, 5) is 22.4. The van der Waals surface area contributed by atoms with Crippen LogP contribution in [0.3, 0.4) is 0 Å². The lowest BCUT2D eigenvalue weighted by atomic mass is 10.3. The second-order valence-electron chi connectivity index (χ2n) is 1.84. The first kappa shape index (κ1) is 10.8. The monoisotopic (exact) mass is 185 g/mol. The average Bonchev–Trinajstić information content (AvgIpc) is 2.05. The molecule has 0 aliphatic rings. The summed E-state index contributed by atoms with van der Waals surface area (Å²) in [6.07, 6.45) is 3.02. The number of amides is 1. The maximum absolute atomic E-state index is 10.4. The van der Waals surface area contributed by atoms with Crippen molar-refractivity contribution in [1.29, 1.82) is 0 Å². The van der Waals surface area contributed by atoms with Gasteiger partial charge in [0.2, 0.25) is 5.91 Å². The maximum Gasteiger partial charge on any atom is 0.291 e. The van der Waals surface area contributed by atoms with Crippen LogP contribution in [0, 0.1) is 10.1 Å². The summed E-state index contributed by atoms with van der Waals surface area (Å²) in [6, 6.07) is 3.29. The van der Waals surface area contributed by atoms with E-state index < -0.39 is 11.0 Å². The number of primary amides is 1. The van der Waals surface area contributed by atoms with Gasteiger partial charge in [-0.25, -0.2) is 0 Å². The highest BCUT2D eigenvalue weighted by Crippen LogP contribution is 1.91. The zero-order valence-electron chi connectivity index (χ0n) is 6.45. The van der Waals surface area contributed by atoms with E-state index in [1.165, 1.54) is 6.20 Å². The molecule has 0 aromatic carbocycles. The van der Waals surface area contributed by atoms with E-state index in [-0.39, 0.29) is 0 Å². The number of pyridine rings is 1. The molecule has 1 heterocycles. The number of hydrogen-bond donors (Lipinski definition) is 2. The number of carbonyl (C=O) groups excluding carboxylic acids is 1. The number of nitrogens with zero attached hydrogens (tertiary/aromatic N) is 2. The van der Waals surface area contributed by atoms with Crippen molar-refractivity contribution < 1.29 is 15.1 Å². The van der Waals surface area contributed by atoms with Gasteiger partial charge in [-0.2, -0.15) is 0 Å². The first-order valence-corrected chi connectivity index (χ1v) is 3.07. The van der Waals surface area contributed by atoms with Gasteiger partial charge >= 0.3 is 0 Å². The van der Waals surface area contributed by atoms with Crippen LogP contribution in [-0.4, -0.2) is 21.2 Å². The minimum absolute atomic E-state index is 0.442. The Morgan fingerprint density at radius 3 is 2.46 bits per heavy atom. The summed E-state index contributed by atoms with van der Waals surface area (Å²) < 4.78 is 0. The number of nitrogens with two attached hydrogens (primary N) is 1. The van der Waals surface area contributed by atoms with Crippen molar-refractivity contribution in [3.8, 4) is 0 Å². The van der Waals surface area contributed by atoms with Crippen LogP contribution in [0.15, 0.2) is 24.5 Å². The van der Waals surface area contributed by atoms with Crippen LogP contribution in [0.5, 0.6) is 0 Å². The van der Waals surface area contributed by atoms with Gasteiger partial charge in [-0.1, -0.05) is 0 Å². The highest BCUT2D eigenvalue weighted by atomic mass is 16.9. The summed E-state index contributed by atoms with van der Waals surface area (Å²) in [5.41, 5.74) is 5.38. The maximum atomic E-state index is 10.4. The molecular formula is C6H7N3O4. The lowest BCUT2D eigenvalue weighted by Crippen LogP contribution is -2.10. The number of aromatic nitrogens is 1. The Bertz CT molecular complexity index is 283. The van der Waals surface area contributed by atoms with Gasteiger partial charge in [0.15, 0.2) is 0 Å². The van der Waals surface area contributed by atoms with E-state index in [1.807, 2.05) is 0 Å². The van der Waals surface area contributed by atoms with Gasteiger partial charge in [0, 0.05) is 12.4 Å². The molecule has 0 bridgehead atoms. The lowest BCUT2D eigenvalue weighted by Gasteiger charge is -1.88. The van der Waals surface area contributed by atoms with Crippen LogP contribution in [-0.2, 0) is 0 Å². The lowest BCUT2D eigenvalue weighted by molar-refractivity contribution is -0.742. The number of hydrogen-bond acceptors (Lipinski definition) is 4. The zero-order valence-corrected chi connectivity index (χ0v) is 6.45. The Morgan fingerprint density at radius 2 is 2.23 bits per heavy atom. The van der Waals surface area contributed by atoms with E-state index in [9.17, 15) is 4.79 Å². The van der Waals surface area contributed by atoms with Crippen LogP contribution < -0.4 is 5.73 Å². The van der Waals surface area contributed by atoms with Crippen LogP contribution in [0.25, 0.3) is 0 Å². The Labute approximate surface area is 72.9 Å². The Kier molecular flexibility index (Phi) is 4.55. The van der Waals surface area contributed by atoms with Crippen molar-refractivity contribution in [3.05, 3.63) is 40.2 Å². The van der Waals surface area contributed by atoms with Crippen molar-refractivity contribution >= 4 is 5.91 Å². The zero-order chi connectivity index (χ0) is 10.3. The molecule has 1 aromatic rings. The van der Waals surface area contributed by atoms with Gasteiger partial charge in [-0.15, -0.1) is 10.1 Å². The van der Waals surface area contributed by atoms with Gasteiger partial charge in [0.05, 0.1) is 5.56 Å². The molecule has 0 aliphatic carbocycles. The molecule has 0 unspecified atom stereocenters. The molecule has 13 heavy (non-hydrogen) atoms. The molecule has 70 valence electrons. The molecule has 7 nitrogen and oxygen atoms in total. The molecule has 3 N–H and O–H groups in total. The predicted octanol–water partition coefficient (Wildman–Crippen LogP) is -0.167. The smallest absolute Gasteiger partial charge is 0.291 e. The van der Waals surface area contributed by atoms with Crippen molar-refractivity contribution in [1.82, 2.24) is 4.98 Å². The molecule has 0 saturated heterocycles. The van der Waals surface area contributed by atoms with Crippen molar-refractivity contribution in [3.63, 3.8) is 0 Å². The van der Waals surface area contributed by atoms with E-state index in [1.54, 1.807) is 18.3 Å². The van der Waals surface area contributed by atoms with Crippen molar-refractivity contribution in [2.24, 2.45) is 5.73 Å². The summed E-state index contributed by atoms with van der Waals surface area (Å²) in [6.45, 7) is 0. The van der Waals surface area contributed by atoms with E-state index in [0.717, 1.165) is 0 Å². The summed E-state index contributed by atoms with van der Waals surface area (Å²) in [5, 5.41) is 13.6. The minimum Gasteiger partial charge on any atom is -0.366 e. The Morgan fingerprint density at radius 1 is 1.69 bits per heavy atom. The second-order valence-corrected chi connectivity index (χ2v) is 1.84. The molecule has 0 radical (unpaired) electrons. The molecule has 1 amide bonds. The van der Waals surface area contributed by atoms with Gasteiger partial charge < -0.3 is 10.9 Å². The third kappa shape index (κ3) is 6.23. The van der Waals surface area contributed by atoms with Crippen LogP contribution >= 0.6 is 0 Å². The standard InChI is InChI=1S/C6H6N2O.HNO3/c7-6(9)5-2-1-3-8-4-5;2-1(3)4/h1-4H,(H2,7,9);(H,2,3,4). The molecule has 0 atom stereocenters. The number of carbonyl (C=O) groups is 1. The van der Waals surface area contributed by atoms with E-state index >= 15 is 0 Å². The van der Waals surface area contributed by atoms with Gasteiger partial charge in [-0.3, -0.25) is 9.78 Å². The molecule has 0 aliphatic heterocycles. The minimum atomic E-state index is -1.50. The first-order chi connectivity index (χ1) is 6.04. The van der Waals surface area contributed by atoms with Crippen molar-refractivity contribution in [2.75, 3.05) is 0 Å². The fourth-order valence-electron chi connectivity index (χ4n) is 0.509. The van der Waals surface area contributed by atoms with Gasteiger partial charge in [0.1, 0.15) is 0 Å². The average molecular weight is 185 g/mol. The van der Waals surface area contributed by atoms with E-state index in [4.69, 9.17) is 21.1 Å². The molecule has 7 heteroatoms. The largest absolute Gasteiger partial charge is 0.366 e. The molecule has 0 spiro atoms. The molecule has 0 saturated carbocycles.